The van der Waals surface area contributed by atoms with Crippen molar-refractivity contribution in [2.45, 2.75) is 18.6 Å². The van der Waals surface area contributed by atoms with Crippen LogP contribution >= 0.6 is 11.6 Å². The lowest BCUT2D eigenvalue weighted by atomic mass is 10.3. The van der Waals surface area contributed by atoms with E-state index < -0.39 is 5.97 Å². The van der Waals surface area contributed by atoms with Gasteiger partial charge in [0.1, 0.15) is 11.7 Å². The molecule has 1 aliphatic heterocycles. The Morgan fingerprint density at radius 2 is 2.36 bits per heavy atom. The maximum atomic E-state index is 10.8. The largest absolute Gasteiger partial charge is 0.466 e. The zero-order valence-electron chi connectivity index (χ0n) is 8.40. The van der Waals surface area contributed by atoms with E-state index in [1.165, 1.54) is 13.2 Å². The fraction of sp³-hybridized carbons (Fsp3) is 0.556. The number of halogens is 1. The highest BCUT2D eigenvalue weighted by molar-refractivity contribution is 6.34. The van der Waals surface area contributed by atoms with E-state index in [1.807, 2.05) is 18.9 Å². The van der Waals surface area contributed by atoms with E-state index in [0.29, 0.717) is 5.71 Å². The molecule has 1 heterocycles. The number of aliphatic imine (C=N–C) groups is 1. The van der Waals surface area contributed by atoms with Gasteiger partial charge in [-0.25, -0.2) is 4.79 Å². The summed E-state index contributed by atoms with van der Waals surface area (Å²) in [4.78, 5) is 17.0. The van der Waals surface area contributed by atoms with Gasteiger partial charge in [-0.15, -0.1) is 0 Å². The maximum Gasteiger partial charge on any atom is 0.330 e. The van der Waals surface area contributed by atoms with E-state index in [2.05, 4.69) is 9.73 Å². The molecule has 78 valence electrons. The molecule has 0 aromatic rings. The van der Waals surface area contributed by atoms with Gasteiger partial charge in [0.05, 0.1) is 12.8 Å². The van der Waals surface area contributed by atoms with Crippen LogP contribution in [0.5, 0.6) is 0 Å². The third kappa shape index (κ3) is 2.33. The number of methoxy groups -OCH3 is 1. The molecular weight excluding hydrogens is 204 g/mol. The second-order valence-corrected chi connectivity index (χ2v) is 3.46. The van der Waals surface area contributed by atoms with Crippen LogP contribution in [-0.4, -0.2) is 42.4 Å². The van der Waals surface area contributed by atoms with Crippen LogP contribution in [0, 0.1) is 0 Å². The van der Waals surface area contributed by atoms with Gasteiger partial charge in [-0.1, -0.05) is 11.6 Å². The molecule has 0 amide bonds. The number of carbonyl (C=O) groups excluding carboxylic acids is 1. The van der Waals surface area contributed by atoms with Crippen LogP contribution in [0.15, 0.2) is 17.1 Å². The van der Waals surface area contributed by atoms with Gasteiger partial charge in [0.15, 0.2) is 0 Å². The quantitative estimate of drug-likeness (QED) is 0.300. The van der Waals surface area contributed by atoms with Gasteiger partial charge in [0.2, 0.25) is 0 Å². The summed E-state index contributed by atoms with van der Waals surface area (Å²) in [5, 5.41) is 0. The summed E-state index contributed by atoms with van der Waals surface area (Å²) in [5.41, 5.74) is 0.415. The number of esters is 1. The zero-order chi connectivity index (χ0) is 10.7. The van der Waals surface area contributed by atoms with Crippen LogP contribution in [0.25, 0.3) is 0 Å². The Morgan fingerprint density at radius 1 is 1.71 bits per heavy atom. The van der Waals surface area contributed by atoms with E-state index >= 15 is 0 Å². The smallest absolute Gasteiger partial charge is 0.330 e. The Kier molecular flexibility index (Phi) is 3.66. The molecule has 0 aliphatic carbocycles. The first-order chi connectivity index (χ1) is 6.56. The molecule has 0 saturated carbocycles. The van der Waals surface area contributed by atoms with E-state index in [9.17, 15) is 4.79 Å². The van der Waals surface area contributed by atoms with Crippen LogP contribution in [-0.2, 0) is 9.53 Å². The Morgan fingerprint density at radius 3 is 2.79 bits per heavy atom. The van der Waals surface area contributed by atoms with Gasteiger partial charge in [-0.2, -0.15) is 0 Å². The average Bonchev–Trinajstić information content (AvgIpc) is 2.42. The normalized spacial score (nSPS) is 28.1. The minimum Gasteiger partial charge on any atom is -0.466 e. The lowest BCUT2D eigenvalue weighted by Gasteiger charge is -2.16. The van der Waals surface area contributed by atoms with Crippen LogP contribution < -0.4 is 0 Å². The first kappa shape index (κ1) is 11.2. The molecule has 0 aromatic heterocycles. The fourth-order valence-corrected chi connectivity index (χ4v) is 1.40. The van der Waals surface area contributed by atoms with Crippen LogP contribution in [0.4, 0.5) is 0 Å². The number of nitrogens with zero attached hydrogens (tertiary/aromatic N) is 2. The molecule has 0 aromatic carbocycles. The molecule has 0 bridgehead atoms. The second-order valence-electron chi connectivity index (χ2n) is 3.04. The molecule has 0 fully saturated rings. The number of rotatable bonds is 2. The standard InChI is InChI=1S/C9H13ClN2O2/c1-6-11-7(9(10)12(6)2)4-5-8(13)14-3/h4-6,9H,1-3H3/b5-4+. The third-order valence-corrected chi connectivity index (χ3v) is 2.65. The SMILES string of the molecule is COC(=O)/C=C/C1=NC(C)N(C)C1Cl. The van der Waals surface area contributed by atoms with Crippen molar-refractivity contribution in [3.8, 4) is 0 Å². The molecule has 0 N–H and O–H groups in total. The minimum absolute atomic E-state index is 0.0507. The van der Waals surface area contributed by atoms with Crippen LogP contribution in [0.1, 0.15) is 6.92 Å². The summed E-state index contributed by atoms with van der Waals surface area (Å²) >= 11 is 6.04. The lowest BCUT2D eigenvalue weighted by Crippen LogP contribution is -2.30. The Hall–Kier alpha value is -0.870. The number of hydrogen-bond acceptors (Lipinski definition) is 4. The van der Waals surface area contributed by atoms with Crippen molar-refractivity contribution in [3.63, 3.8) is 0 Å². The molecule has 5 heteroatoms. The van der Waals surface area contributed by atoms with Gasteiger partial charge < -0.3 is 4.74 Å². The van der Waals surface area contributed by atoms with Crippen molar-refractivity contribution in [1.29, 1.82) is 0 Å². The van der Waals surface area contributed by atoms with E-state index in [-0.39, 0.29) is 11.7 Å². The molecule has 2 atom stereocenters. The summed E-state index contributed by atoms with van der Waals surface area (Å²) in [6.07, 6.45) is 2.96. The number of ether oxygens (including phenoxy) is 1. The minimum atomic E-state index is -0.404. The maximum absolute atomic E-state index is 10.8. The zero-order valence-corrected chi connectivity index (χ0v) is 9.15. The molecule has 14 heavy (non-hydrogen) atoms. The highest BCUT2D eigenvalue weighted by Crippen LogP contribution is 2.18. The monoisotopic (exact) mass is 216 g/mol. The third-order valence-electron chi connectivity index (χ3n) is 2.12. The molecule has 0 radical (unpaired) electrons. The van der Waals surface area contributed by atoms with Crippen LogP contribution in [0.3, 0.4) is 0 Å². The first-order valence-corrected chi connectivity index (χ1v) is 4.69. The first-order valence-electron chi connectivity index (χ1n) is 4.26. The molecule has 4 nitrogen and oxygen atoms in total. The van der Waals surface area contributed by atoms with Gasteiger partial charge in [0.25, 0.3) is 0 Å². The molecule has 2 unspecified atom stereocenters. The summed E-state index contributed by atoms with van der Waals surface area (Å²) in [6, 6.07) is 0. The molecular formula is C9H13ClN2O2. The van der Waals surface area contributed by atoms with Gasteiger partial charge in [-0.3, -0.25) is 9.89 Å². The van der Waals surface area contributed by atoms with Crippen molar-refractivity contribution >= 4 is 23.3 Å². The van der Waals surface area contributed by atoms with Crippen molar-refractivity contribution in [3.05, 3.63) is 12.2 Å². The predicted octanol–water partition coefficient (Wildman–Crippen LogP) is 1.01. The second kappa shape index (κ2) is 4.57. The number of hydrogen-bond donors (Lipinski definition) is 0. The highest BCUT2D eigenvalue weighted by Gasteiger charge is 2.27. The summed E-state index contributed by atoms with van der Waals surface area (Å²) in [7, 11) is 3.21. The average molecular weight is 217 g/mol. The lowest BCUT2D eigenvalue weighted by molar-refractivity contribution is -0.134. The fourth-order valence-electron chi connectivity index (χ4n) is 1.11. The number of carbonyl (C=O) groups is 1. The van der Waals surface area contributed by atoms with Crippen molar-refractivity contribution in [1.82, 2.24) is 4.90 Å². The van der Waals surface area contributed by atoms with E-state index in [1.54, 1.807) is 6.08 Å². The van der Waals surface area contributed by atoms with Crippen molar-refractivity contribution in [2.75, 3.05) is 14.2 Å². The Labute approximate surface area is 88.2 Å². The predicted molar refractivity (Wildman–Crippen MR) is 55.5 cm³/mol. The number of alkyl halides is 1. The molecule has 0 spiro atoms. The molecule has 0 saturated heterocycles. The van der Waals surface area contributed by atoms with Crippen molar-refractivity contribution < 1.29 is 9.53 Å². The molecule has 1 rings (SSSR count). The summed E-state index contributed by atoms with van der Waals surface area (Å²) in [5.74, 6) is -0.404. The van der Waals surface area contributed by atoms with Gasteiger partial charge >= 0.3 is 5.97 Å². The summed E-state index contributed by atoms with van der Waals surface area (Å²) in [6.45, 7) is 1.94. The van der Waals surface area contributed by atoms with Gasteiger partial charge in [-0.05, 0) is 20.0 Å². The summed E-state index contributed by atoms with van der Waals surface area (Å²) < 4.78 is 4.46. The van der Waals surface area contributed by atoms with E-state index in [4.69, 9.17) is 11.6 Å². The van der Waals surface area contributed by atoms with Crippen LogP contribution in [0.2, 0.25) is 0 Å². The van der Waals surface area contributed by atoms with E-state index in [0.717, 1.165) is 0 Å². The Bertz CT molecular complexity index is 289. The Balaban J connectivity index is 2.67. The topological polar surface area (TPSA) is 41.9 Å². The van der Waals surface area contributed by atoms with Crippen molar-refractivity contribution in [2.24, 2.45) is 4.99 Å². The van der Waals surface area contributed by atoms with Gasteiger partial charge in [0, 0.05) is 6.08 Å². The molecule has 1 aliphatic rings. The highest BCUT2D eigenvalue weighted by atomic mass is 35.5.